The minimum absolute atomic E-state index is 0.0273. The fourth-order valence-electron chi connectivity index (χ4n) is 9.14. The van der Waals surface area contributed by atoms with Gasteiger partial charge in [0, 0.05) is 36.3 Å². The minimum atomic E-state index is -1.85. The summed E-state index contributed by atoms with van der Waals surface area (Å²) in [5.74, 6) is 3.83. The zero-order valence-electron chi connectivity index (χ0n) is 33.4. The van der Waals surface area contributed by atoms with E-state index in [2.05, 4.69) is 158 Å². The van der Waals surface area contributed by atoms with Gasteiger partial charge in [-0.3, -0.25) is 0 Å². The van der Waals surface area contributed by atoms with Crippen molar-refractivity contribution < 1.29 is 0 Å². The molecule has 4 nitrogen and oxygen atoms in total. The second-order valence-corrected chi connectivity index (χ2v) is 21.9. The number of benzene rings is 3. The molecule has 1 heterocycles. The highest BCUT2D eigenvalue weighted by Crippen LogP contribution is 2.55. The van der Waals surface area contributed by atoms with Gasteiger partial charge in [0.2, 0.25) is 0 Å². The summed E-state index contributed by atoms with van der Waals surface area (Å²) in [4.78, 5) is 2.11. The minimum Gasteiger partial charge on any atom is -0.378 e. The van der Waals surface area contributed by atoms with E-state index in [0.717, 1.165) is 16.9 Å². The standard InChI is InChI=1S/C46H64N4Si/c1-11-13-15-17-28-46(29-18-16-14-12-2)43-31-37(27-30-51(34(3)4,35(5)6)36(7)8)19-25-41(43)42-26-20-38(32-44(42)46)45-33-50(48-47-45)40-23-21-39(22-24-40)49(9)10/h19-26,31-36H,11-18,28-29H2,1-10H3. The van der Waals surface area contributed by atoms with Crippen LogP contribution in [-0.2, 0) is 5.41 Å². The fourth-order valence-corrected chi connectivity index (χ4v) is 14.4. The molecule has 5 heteroatoms. The Balaban J connectivity index is 1.61. The average molecular weight is 701 g/mol. The Hall–Kier alpha value is -3.62. The van der Waals surface area contributed by atoms with E-state index in [9.17, 15) is 0 Å². The van der Waals surface area contributed by atoms with Crippen LogP contribution in [0.5, 0.6) is 0 Å². The maximum absolute atomic E-state index is 4.71. The number of nitrogens with zero attached hydrogens (tertiary/aromatic N) is 4. The third-order valence-electron chi connectivity index (χ3n) is 12.0. The predicted octanol–water partition coefficient (Wildman–Crippen LogP) is 12.8. The van der Waals surface area contributed by atoms with E-state index < -0.39 is 8.07 Å². The topological polar surface area (TPSA) is 34.0 Å². The number of aromatic nitrogens is 3. The average Bonchev–Trinajstić information content (AvgIpc) is 3.70. The summed E-state index contributed by atoms with van der Waals surface area (Å²) in [6, 6.07) is 22.8. The lowest BCUT2D eigenvalue weighted by Gasteiger charge is -2.38. The third-order valence-corrected chi connectivity index (χ3v) is 18.3. The van der Waals surface area contributed by atoms with E-state index in [1.54, 1.807) is 0 Å². The summed E-state index contributed by atoms with van der Waals surface area (Å²) in [6.07, 6.45) is 14.6. The van der Waals surface area contributed by atoms with Crippen molar-refractivity contribution in [1.29, 1.82) is 0 Å². The first kappa shape index (κ1) is 38.6. The molecule has 0 unspecified atom stereocenters. The van der Waals surface area contributed by atoms with Gasteiger partial charge in [0.1, 0.15) is 13.8 Å². The molecule has 0 spiro atoms. The van der Waals surface area contributed by atoms with E-state index >= 15 is 0 Å². The first-order valence-electron chi connectivity index (χ1n) is 20.0. The summed E-state index contributed by atoms with van der Waals surface area (Å²) in [7, 11) is 2.28. The molecule has 4 aromatic rings. The highest BCUT2D eigenvalue weighted by Gasteiger charge is 2.43. The molecule has 1 aliphatic carbocycles. The molecular formula is C46H64N4Si. The molecule has 0 amide bonds. The normalized spacial score (nSPS) is 13.4. The predicted molar refractivity (Wildman–Crippen MR) is 223 cm³/mol. The van der Waals surface area contributed by atoms with Gasteiger partial charge in [-0.15, -0.1) is 10.6 Å². The Morgan fingerprint density at radius 2 is 1.27 bits per heavy atom. The van der Waals surface area contributed by atoms with Gasteiger partial charge in [0.05, 0.1) is 11.9 Å². The number of fused-ring (bicyclic) bond motifs is 3. The van der Waals surface area contributed by atoms with Crippen LogP contribution in [0.4, 0.5) is 5.69 Å². The van der Waals surface area contributed by atoms with Gasteiger partial charge in [0.15, 0.2) is 0 Å². The monoisotopic (exact) mass is 700 g/mol. The summed E-state index contributed by atoms with van der Waals surface area (Å²) in [6.45, 7) is 19.1. The Morgan fingerprint density at radius 3 is 1.82 bits per heavy atom. The van der Waals surface area contributed by atoms with E-state index in [-0.39, 0.29) is 5.41 Å². The first-order valence-corrected chi connectivity index (χ1v) is 22.2. The molecular weight excluding hydrogens is 637 g/mol. The number of anilines is 1. The van der Waals surface area contributed by atoms with E-state index in [1.807, 2.05) is 4.68 Å². The number of unbranched alkanes of at least 4 members (excludes halogenated alkanes) is 6. The Kier molecular flexibility index (Phi) is 12.7. The zero-order chi connectivity index (χ0) is 36.8. The van der Waals surface area contributed by atoms with Crippen molar-refractivity contribution in [1.82, 2.24) is 15.0 Å². The highest BCUT2D eigenvalue weighted by molar-refractivity contribution is 6.90. The summed E-state index contributed by atoms with van der Waals surface area (Å²) >= 11 is 0. The molecule has 0 radical (unpaired) electrons. The molecule has 0 saturated carbocycles. The summed E-state index contributed by atoms with van der Waals surface area (Å²) in [5.41, 5.74) is 17.1. The summed E-state index contributed by atoms with van der Waals surface area (Å²) < 4.78 is 1.90. The van der Waals surface area contributed by atoms with E-state index in [4.69, 9.17) is 5.10 Å². The first-order chi connectivity index (χ1) is 24.5. The molecule has 51 heavy (non-hydrogen) atoms. The van der Waals surface area contributed by atoms with Crippen LogP contribution in [0.25, 0.3) is 28.1 Å². The Labute approximate surface area is 311 Å². The van der Waals surface area contributed by atoms with Crippen LogP contribution in [-0.4, -0.2) is 37.2 Å². The second-order valence-electron chi connectivity index (χ2n) is 16.3. The van der Waals surface area contributed by atoms with Gasteiger partial charge in [-0.05, 0) is 94.2 Å². The lowest BCUT2D eigenvalue weighted by molar-refractivity contribution is 0.401. The zero-order valence-corrected chi connectivity index (χ0v) is 34.4. The Bertz CT molecular complexity index is 1770. The van der Waals surface area contributed by atoms with Crippen molar-refractivity contribution in [3.63, 3.8) is 0 Å². The van der Waals surface area contributed by atoms with Gasteiger partial charge >= 0.3 is 0 Å². The number of rotatable bonds is 16. The van der Waals surface area contributed by atoms with Crippen LogP contribution in [0.15, 0.2) is 66.9 Å². The smallest absolute Gasteiger partial charge is 0.146 e. The van der Waals surface area contributed by atoms with Crippen molar-refractivity contribution in [3.8, 4) is 39.5 Å². The second kappa shape index (κ2) is 16.8. The summed E-state index contributed by atoms with van der Waals surface area (Å²) in [5, 5.41) is 9.28. The molecule has 1 aliphatic rings. The fraction of sp³-hybridized carbons (Fsp3) is 0.522. The Morgan fingerprint density at radius 1 is 0.706 bits per heavy atom. The van der Waals surface area contributed by atoms with Crippen molar-refractivity contribution in [3.05, 3.63) is 83.6 Å². The van der Waals surface area contributed by atoms with Crippen LogP contribution in [0.1, 0.15) is 136 Å². The number of hydrogen-bond donors (Lipinski definition) is 0. The molecule has 3 aromatic carbocycles. The van der Waals surface area contributed by atoms with Gasteiger partial charge in [-0.1, -0.05) is 136 Å². The molecule has 0 fully saturated rings. The highest BCUT2D eigenvalue weighted by atomic mass is 28.3. The molecule has 1 aromatic heterocycles. The molecule has 0 bridgehead atoms. The van der Waals surface area contributed by atoms with Crippen LogP contribution in [0.3, 0.4) is 0 Å². The van der Waals surface area contributed by atoms with Gasteiger partial charge in [-0.25, -0.2) is 4.68 Å². The number of hydrogen-bond acceptors (Lipinski definition) is 3. The molecule has 272 valence electrons. The van der Waals surface area contributed by atoms with Crippen LogP contribution in [0.2, 0.25) is 16.6 Å². The molecule has 0 aliphatic heterocycles. The maximum atomic E-state index is 4.71. The van der Waals surface area contributed by atoms with Gasteiger partial charge in [-0.2, -0.15) is 0 Å². The van der Waals surface area contributed by atoms with Gasteiger partial charge < -0.3 is 4.90 Å². The maximum Gasteiger partial charge on any atom is 0.146 e. The van der Waals surface area contributed by atoms with Crippen molar-refractivity contribution in [2.75, 3.05) is 19.0 Å². The SMILES string of the molecule is CCCCCCC1(CCCCCC)c2cc(C#C[Si](C(C)C)(C(C)C)C(C)C)ccc2-c2ccc(-c3cn(-c4ccc(N(C)C)cc4)nn3)cc21. The molecule has 0 N–H and O–H groups in total. The van der Waals surface area contributed by atoms with Crippen LogP contribution >= 0.6 is 0 Å². The molecule has 0 atom stereocenters. The largest absolute Gasteiger partial charge is 0.378 e. The molecule has 5 rings (SSSR count). The van der Waals surface area contributed by atoms with Crippen LogP contribution < -0.4 is 4.90 Å². The van der Waals surface area contributed by atoms with E-state index in [1.165, 1.54) is 97.7 Å². The lowest BCUT2D eigenvalue weighted by atomic mass is 9.70. The van der Waals surface area contributed by atoms with Gasteiger partial charge in [0.25, 0.3) is 0 Å². The molecule has 0 saturated heterocycles. The third kappa shape index (κ3) is 7.92. The lowest BCUT2D eigenvalue weighted by Crippen LogP contribution is -2.43. The quantitative estimate of drug-likeness (QED) is 0.0663. The van der Waals surface area contributed by atoms with E-state index in [0.29, 0.717) is 16.6 Å². The van der Waals surface area contributed by atoms with Crippen molar-refractivity contribution in [2.45, 2.75) is 142 Å². The van der Waals surface area contributed by atoms with Crippen molar-refractivity contribution >= 4 is 13.8 Å². The van der Waals surface area contributed by atoms with Crippen LogP contribution in [0, 0.1) is 11.5 Å². The van der Waals surface area contributed by atoms with Crippen molar-refractivity contribution in [2.24, 2.45) is 0 Å².